The second-order valence-electron chi connectivity index (χ2n) is 28.4. The Kier molecular flexibility index (Phi) is 78.3. The fourth-order valence-corrected chi connectivity index (χ4v) is 13.0. The Morgan fingerprint density at radius 1 is 0.308 bits per heavy atom. The topological polar surface area (TPSA) is 95.9 Å². The van der Waals surface area contributed by atoms with Gasteiger partial charge < -0.3 is 20.3 Å². The predicted octanol–water partition coefficient (Wildman–Crippen LogP) is 27.5. The summed E-state index contributed by atoms with van der Waals surface area (Å²) >= 11 is 0. The molecule has 0 aromatic rings. The van der Waals surface area contributed by atoms with Crippen molar-refractivity contribution in [2.45, 2.75) is 469 Å². The Balaban J connectivity index is 3.36. The van der Waals surface area contributed by atoms with Crippen LogP contribution in [-0.4, -0.2) is 47.4 Å². The zero-order valence-electron chi connectivity index (χ0n) is 61.6. The van der Waals surface area contributed by atoms with Gasteiger partial charge in [-0.25, -0.2) is 0 Å². The standard InChI is InChI=1S/C85H161NO5/c1-3-5-7-9-11-13-15-17-19-20-21-22-38-41-44-47-50-53-57-61-65-69-73-77-83(88)82(81-87)86-84(89)78-74-70-66-62-58-54-51-48-45-42-39-36-34-32-30-28-26-24-23-25-27-29-31-33-35-37-40-43-46-49-52-56-60-64-68-72-76-80-91-85(90)79-75-71-67-63-59-55-18-16-14-12-10-8-6-4-2/h10,12,16,18,23,25,73,77,82-83,87-88H,3-9,11,13-15,17,19-22,24,26-72,74-76,78-81H2,1-2H3,(H,86,89)/b12-10-,18-16-,25-23-,77-73+. The molecule has 0 aliphatic carbocycles. The third-order valence-electron chi connectivity index (χ3n) is 19.3. The van der Waals surface area contributed by atoms with Crippen LogP contribution in [0.2, 0.25) is 0 Å². The number of rotatable bonds is 78. The van der Waals surface area contributed by atoms with Gasteiger partial charge >= 0.3 is 5.97 Å². The number of nitrogens with one attached hydrogen (secondary N) is 1. The van der Waals surface area contributed by atoms with E-state index < -0.39 is 12.1 Å². The highest BCUT2D eigenvalue weighted by Gasteiger charge is 2.18. The van der Waals surface area contributed by atoms with Crippen molar-refractivity contribution in [1.82, 2.24) is 5.32 Å². The van der Waals surface area contributed by atoms with E-state index in [2.05, 4.69) is 55.6 Å². The molecule has 6 heteroatoms. The number of amides is 1. The molecule has 0 spiro atoms. The summed E-state index contributed by atoms with van der Waals surface area (Å²) in [6, 6.07) is -0.627. The van der Waals surface area contributed by atoms with Crippen LogP contribution in [-0.2, 0) is 14.3 Å². The smallest absolute Gasteiger partial charge is 0.305 e. The normalized spacial score (nSPS) is 12.7. The Morgan fingerprint density at radius 3 is 0.879 bits per heavy atom. The van der Waals surface area contributed by atoms with Crippen molar-refractivity contribution in [1.29, 1.82) is 0 Å². The molecule has 91 heavy (non-hydrogen) atoms. The number of hydrogen-bond donors (Lipinski definition) is 3. The Labute approximate surface area is 569 Å². The van der Waals surface area contributed by atoms with E-state index in [0.717, 1.165) is 51.4 Å². The van der Waals surface area contributed by atoms with Crippen LogP contribution in [0.15, 0.2) is 48.6 Å². The second-order valence-corrected chi connectivity index (χ2v) is 28.4. The van der Waals surface area contributed by atoms with Gasteiger partial charge in [0.25, 0.3) is 0 Å². The molecule has 536 valence electrons. The molecule has 0 fully saturated rings. The van der Waals surface area contributed by atoms with Crippen molar-refractivity contribution >= 4 is 11.9 Å². The van der Waals surface area contributed by atoms with Crippen LogP contribution in [0.3, 0.4) is 0 Å². The molecule has 0 heterocycles. The molecule has 2 unspecified atom stereocenters. The van der Waals surface area contributed by atoms with Crippen LogP contribution in [0.5, 0.6) is 0 Å². The first kappa shape index (κ1) is 88.8. The van der Waals surface area contributed by atoms with E-state index >= 15 is 0 Å². The number of carbonyl (C=O) groups excluding carboxylic acids is 2. The van der Waals surface area contributed by atoms with E-state index in [4.69, 9.17) is 4.74 Å². The number of ether oxygens (including phenoxy) is 1. The molecule has 0 aromatic carbocycles. The highest BCUT2D eigenvalue weighted by atomic mass is 16.5. The summed E-state index contributed by atoms with van der Waals surface area (Å²) in [7, 11) is 0. The van der Waals surface area contributed by atoms with Crippen molar-refractivity contribution in [2.24, 2.45) is 0 Å². The van der Waals surface area contributed by atoms with E-state index in [-0.39, 0.29) is 18.5 Å². The molecule has 0 saturated heterocycles. The Hall–Kier alpha value is -2.18. The zero-order chi connectivity index (χ0) is 65.6. The number of carbonyl (C=O) groups is 2. The van der Waals surface area contributed by atoms with Crippen molar-refractivity contribution in [3.63, 3.8) is 0 Å². The average Bonchev–Trinajstić information content (AvgIpc) is 3.66. The van der Waals surface area contributed by atoms with Crippen LogP contribution in [0.4, 0.5) is 0 Å². The molecule has 0 bridgehead atoms. The monoisotopic (exact) mass is 1280 g/mol. The van der Waals surface area contributed by atoms with Crippen molar-refractivity contribution in [3.8, 4) is 0 Å². The molecular formula is C85H161NO5. The van der Waals surface area contributed by atoms with Crippen molar-refractivity contribution in [3.05, 3.63) is 48.6 Å². The number of hydrogen-bond acceptors (Lipinski definition) is 5. The van der Waals surface area contributed by atoms with Gasteiger partial charge in [0.2, 0.25) is 5.91 Å². The van der Waals surface area contributed by atoms with Gasteiger partial charge in [0.1, 0.15) is 0 Å². The van der Waals surface area contributed by atoms with E-state index in [1.807, 2.05) is 6.08 Å². The molecule has 0 aromatic heterocycles. The largest absolute Gasteiger partial charge is 0.466 e. The molecule has 0 radical (unpaired) electrons. The summed E-state index contributed by atoms with van der Waals surface area (Å²) in [5.74, 6) is -0.0522. The lowest BCUT2D eigenvalue weighted by Gasteiger charge is -2.20. The summed E-state index contributed by atoms with van der Waals surface area (Å²) < 4.78 is 5.49. The van der Waals surface area contributed by atoms with Crippen LogP contribution < -0.4 is 5.32 Å². The number of unbranched alkanes of at least 4 members (excludes halogenated alkanes) is 61. The van der Waals surface area contributed by atoms with Gasteiger partial charge in [0.15, 0.2) is 0 Å². The highest BCUT2D eigenvalue weighted by molar-refractivity contribution is 5.76. The third-order valence-corrected chi connectivity index (χ3v) is 19.3. The van der Waals surface area contributed by atoms with Crippen molar-refractivity contribution in [2.75, 3.05) is 13.2 Å². The van der Waals surface area contributed by atoms with E-state index in [1.54, 1.807) is 6.08 Å². The summed E-state index contributed by atoms with van der Waals surface area (Å²) in [6.07, 6.45) is 107. The van der Waals surface area contributed by atoms with E-state index in [9.17, 15) is 19.8 Å². The molecule has 0 rings (SSSR count). The predicted molar refractivity (Wildman–Crippen MR) is 402 cm³/mol. The second kappa shape index (κ2) is 80.3. The first-order chi connectivity index (χ1) is 45.0. The van der Waals surface area contributed by atoms with Gasteiger partial charge in [0.05, 0.1) is 25.4 Å². The molecule has 2 atom stereocenters. The minimum absolute atomic E-state index is 0.00700. The third kappa shape index (κ3) is 76.7. The number of aliphatic hydroxyl groups is 2. The average molecular weight is 1280 g/mol. The summed E-state index contributed by atoms with van der Waals surface area (Å²) in [5.41, 5.74) is 0. The fraction of sp³-hybridized carbons (Fsp3) is 0.882. The molecule has 0 saturated carbocycles. The van der Waals surface area contributed by atoms with Gasteiger partial charge in [-0.2, -0.15) is 0 Å². The van der Waals surface area contributed by atoms with Gasteiger partial charge in [-0.1, -0.05) is 409 Å². The summed E-state index contributed by atoms with van der Waals surface area (Å²) in [6.45, 7) is 4.91. The van der Waals surface area contributed by atoms with Crippen LogP contribution >= 0.6 is 0 Å². The van der Waals surface area contributed by atoms with Crippen molar-refractivity contribution < 1.29 is 24.5 Å². The maximum absolute atomic E-state index is 12.6. The first-order valence-electron chi connectivity index (χ1n) is 41.4. The number of esters is 1. The summed E-state index contributed by atoms with van der Waals surface area (Å²) in [4.78, 5) is 24.6. The lowest BCUT2D eigenvalue weighted by Crippen LogP contribution is -2.45. The quantitative estimate of drug-likeness (QED) is 0.0320. The van der Waals surface area contributed by atoms with Gasteiger partial charge in [-0.3, -0.25) is 9.59 Å². The first-order valence-corrected chi connectivity index (χ1v) is 41.4. The molecule has 1 amide bonds. The van der Waals surface area contributed by atoms with Gasteiger partial charge in [-0.05, 0) is 83.5 Å². The SMILES string of the molecule is CCCC/C=C\C/C=C\CCCCCCCC(=O)OCCCCCCCCCCCCCCCCCC/C=C\CCCCCCCCCCCCCCCCCCCC(=O)NC(CO)C(O)/C=C/CCCCCCCCCCCCCCCCCCCCCCC. The number of aliphatic hydroxyl groups excluding tert-OH is 2. The maximum Gasteiger partial charge on any atom is 0.305 e. The van der Waals surface area contributed by atoms with Crippen LogP contribution in [0.25, 0.3) is 0 Å². The zero-order valence-corrected chi connectivity index (χ0v) is 61.6. The van der Waals surface area contributed by atoms with E-state index in [0.29, 0.717) is 19.4 Å². The lowest BCUT2D eigenvalue weighted by molar-refractivity contribution is -0.143. The van der Waals surface area contributed by atoms with Gasteiger partial charge in [0, 0.05) is 12.8 Å². The Bertz CT molecular complexity index is 1520. The van der Waals surface area contributed by atoms with E-state index in [1.165, 1.54) is 379 Å². The minimum Gasteiger partial charge on any atom is -0.466 e. The summed E-state index contributed by atoms with van der Waals surface area (Å²) in [5, 5.41) is 23.3. The van der Waals surface area contributed by atoms with Crippen LogP contribution in [0, 0.1) is 0 Å². The Morgan fingerprint density at radius 2 is 0.560 bits per heavy atom. The molecular weight excluding hydrogens is 1110 g/mol. The van der Waals surface area contributed by atoms with Crippen LogP contribution in [0.1, 0.15) is 457 Å². The molecule has 0 aliphatic rings. The molecule has 0 aliphatic heterocycles. The lowest BCUT2D eigenvalue weighted by atomic mass is 10.0. The maximum atomic E-state index is 12.6. The number of allylic oxidation sites excluding steroid dienone is 7. The molecule has 3 N–H and O–H groups in total. The van der Waals surface area contributed by atoms with Gasteiger partial charge in [-0.15, -0.1) is 0 Å². The fourth-order valence-electron chi connectivity index (χ4n) is 13.0. The minimum atomic E-state index is -0.844. The highest BCUT2D eigenvalue weighted by Crippen LogP contribution is 2.20. The molecule has 6 nitrogen and oxygen atoms in total.